The van der Waals surface area contributed by atoms with Gasteiger partial charge in [0, 0.05) is 25.6 Å². The van der Waals surface area contributed by atoms with Gasteiger partial charge >= 0.3 is 0 Å². The average Bonchev–Trinajstić information content (AvgIpc) is 2.27. The molecule has 5 heteroatoms. The third-order valence-electron chi connectivity index (χ3n) is 2.18. The summed E-state index contributed by atoms with van der Waals surface area (Å²) in [5, 5.41) is 9.01. The molecule has 1 rings (SSSR count). The summed E-state index contributed by atoms with van der Waals surface area (Å²) in [4.78, 5) is 15.9. The van der Waals surface area contributed by atoms with Crippen LogP contribution in [0.2, 0.25) is 0 Å². The second kappa shape index (κ2) is 6.23. The molecular weight excluding hydrogens is 228 g/mol. The smallest absolute Gasteiger partial charge is 0.222 e. The summed E-state index contributed by atoms with van der Waals surface area (Å²) in [5.74, 6) is 1.62. The lowest BCUT2D eigenvalue weighted by Gasteiger charge is -2.20. The van der Waals surface area contributed by atoms with Gasteiger partial charge in [-0.1, -0.05) is 6.07 Å². The summed E-state index contributed by atoms with van der Waals surface area (Å²) in [6.45, 7) is 6.48. The lowest BCUT2D eigenvalue weighted by molar-refractivity contribution is -0.122. The largest absolute Gasteiger partial charge is 0.373 e. The molecular formula is C13H22N4O. The molecule has 18 heavy (non-hydrogen) atoms. The number of amides is 1. The molecule has 1 aromatic rings. The Bertz CT molecular complexity index is 398. The number of carbonyl (C=O) groups is 1. The fourth-order valence-electron chi connectivity index (χ4n) is 1.46. The SMILES string of the molecule is CNc1cccc(NCCC(=O)NC(C)(C)C)n1. The van der Waals surface area contributed by atoms with E-state index in [-0.39, 0.29) is 11.4 Å². The molecule has 0 unspecified atom stereocenters. The highest BCUT2D eigenvalue weighted by Crippen LogP contribution is 2.08. The summed E-state index contributed by atoms with van der Waals surface area (Å²) in [7, 11) is 1.82. The van der Waals surface area contributed by atoms with E-state index in [1.165, 1.54) is 0 Å². The predicted molar refractivity (Wildman–Crippen MR) is 74.8 cm³/mol. The van der Waals surface area contributed by atoms with E-state index < -0.39 is 0 Å². The standard InChI is InChI=1S/C13H22N4O/c1-13(2,3)17-12(18)8-9-15-11-7-5-6-10(14-4)16-11/h5-7H,8-9H2,1-4H3,(H,17,18)(H2,14,15,16). The maximum atomic E-state index is 11.6. The molecule has 0 aliphatic rings. The number of carbonyl (C=O) groups excluding carboxylic acids is 1. The second-order valence-corrected chi connectivity index (χ2v) is 5.13. The van der Waals surface area contributed by atoms with Gasteiger partial charge in [-0.05, 0) is 32.9 Å². The minimum atomic E-state index is -0.179. The maximum absolute atomic E-state index is 11.6. The van der Waals surface area contributed by atoms with Gasteiger partial charge in [0.25, 0.3) is 0 Å². The lowest BCUT2D eigenvalue weighted by atomic mass is 10.1. The molecule has 0 radical (unpaired) electrons. The Kier molecular flexibility index (Phi) is 4.95. The van der Waals surface area contributed by atoms with Crippen molar-refractivity contribution >= 4 is 17.5 Å². The molecule has 5 nitrogen and oxygen atoms in total. The zero-order valence-electron chi connectivity index (χ0n) is 11.5. The zero-order valence-corrected chi connectivity index (χ0v) is 11.5. The molecule has 0 fully saturated rings. The summed E-state index contributed by atoms with van der Waals surface area (Å²) in [5.41, 5.74) is -0.179. The molecule has 0 aliphatic carbocycles. The number of nitrogens with one attached hydrogen (secondary N) is 3. The highest BCUT2D eigenvalue weighted by Gasteiger charge is 2.12. The second-order valence-electron chi connectivity index (χ2n) is 5.13. The van der Waals surface area contributed by atoms with Gasteiger partial charge in [0.2, 0.25) is 5.91 Å². The monoisotopic (exact) mass is 250 g/mol. The minimum absolute atomic E-state index is 0.0415. The number of nitrogens with zero attached hydrogens (tertiary/aromatic N) is 1. The van der Waals surface area contributed by atoms with Crippen molar-refractivity contribution in [2.45, 2.75) is 32.7 Å². The van der Waals surface area contributed by atoms with Gasteiger partial charge in [0.05, 0.1) is 0 Å². The van der Waals surface area contributed by atoms with Crippen LogP contribution in [0.15, 0.2) is 18.2 Å². The first-order valence-corrected chi connectivity index (χ1v) is 6.10. The quantitative estimate of drug-likeness (QED) is 0.746. The van der Waals surface area contributed by atoms with Gasteiger partial charge in [-0.25, -0.2) is 4.98 Å². The van der Waals surface area contributed by atoms with Gasteiger partial charge in [-0.2, -0.15) is 0 Å². The summed E-state index contributed by atoms with van der Waals surface area (Å²) in [6.07, 6.45) is 0.433. The summed E-state index contributed by atoms with van der Waals surface area (Å²) < 4.78 is 0. The van der Waals surface area contributed by atoms with Crippen LogP contribution in [0, 0.1) is 0 Å². The Morgan fingerprint density at radius 1 is 1.28 bits per heavy atom. The van der Waals surface area contributed by atoms with Crippen LogP contribution < -0.4 is 16.0 Å². The Labute approximate surface area is 108 Å². The van der Waals surface area contributed by atoms with Crippen LogP contribution in [0.1, 0.15) is 27.2 Å². The van der Waals surface area contributed by atoms with Crippen LogP contribution in [0.4, 0.5) is 11.6 Å². The van der Waals surface area contributed by atoms with Crippen LogP contribution in [0.5, 0.6) is 0 Å². The van der Waals surface area contributed by atoms with E-state index in [2.05, 4.69) is 20.9 Å². The van der Waals surface area contributed by atoms with Crippen molar-refractivity contribution in [2.24, 2.45) is 0 Å². The van der Waals surface area contributed by atoms with Crippen molar-refractivity contribution in [1.82, 2.24) is 10.3 Å². The van der Waals surface area contributed by atoms with Gasteiger partial charge < -0.3 is 16.0 Å². The zero-order chi connectivity index (χ0) is 13.6. The van der Waals surface area contributed by atoms with E-state index in [1.807, 2.05) is 46.0 Å². The van der Waals surface area contributed by atoms with Crippen molar-refractivity contribution < 1.29 is 4.79 Å². The molecule has 0 atom stereocenters. The number of hydrogen-bond acceptors (Lipinski definition) is 4. The fraction of sp³-hybridized carbons (Fsp3) is 0.538. The summed E-state index contributed by atoms with van der Waals surface area (Å²) >= 11 is 0. The highest BCUT2D eigenvalue weighted by atomic mass is 16.1. The molecule has 0 aliphatic heterocycles. The van der Waals surface area contributed by atoms with E-state index in [0.29, 0.717) is 13.0 Å². The Morgan fingerprint density at radius 2 is 1.94 bits per heavy atom. The third kappa shape index (κ3) is 5.52. The van der Waals surface area contributed by atoms with Gasteiger partial charge in [-0.3, -0.25) is 4.79 Å². The molecule has 1 amide bonds. The van der Waals surface area contributed by atoms with Crippen LogP contribution >= 0.6 is 0 Å². The molecule has 1 aromatic heterocycles. The first-order chi connectivity index (χ1) is 8.40. The fourth-order valence-corrected chi connectivity index (χ4v) is 1.46. The molecule has 1 heterocycles. The van der Waals surface area contributed by atoms with Gasteiger partial charge in [0.15, 0.2) is 0 Å². The molecule has 0 spiro atoms. The van der Waals surface area contributed by atoms with Crippen molar-refractivity contribution in [2.75, 3.05) is 24.2 Å². The minimum Gasteiger partial charge on any atom is -0.373 e. The maximum Gasteiger partial charge on any atom is 0.222 e. The van der Waals surface area contributed by atoms with Crippen LogP contribution in [0.3, 0.4) is 0 Å². The molecule has 0 bridgehead atoms. The van der Waals surface area contributed by atoms with Crippen molar-refractivity contribution in [3.63, 3.8) is 0 Å². The van der Waals surface area contributed by atoms with Crippen LogP contribution in [-0.4, -0.2) is 30.0 Å². The topological polar surface area (TPSA) is 66.0 Å². The van der Waals surface area contributed by atoms with E-state index in [0.717, 1.165) is 11.6 Å². The van der Waals surface area contributed by atoms with E-state index in [9.17, 15) is 4.79 Å². The van der Waals surface area contributed by atoms with Gasteiger partial charge in [0.1, 0.15) is 11.6 Å². The number of anilines is 2. The normalized spacial score (nSPS) is 10.9. The molecule has 0 saturated carbocycles. The van der Waals surface area contributed by atoms with E-state index >= 15 is 0 Å². The first-order valence-electron chi connectivity index (χ1n) is 6.10. The Balaban J connectivity index is 2.35. The van der Waals surface area contributed by atoms with Crippen molar-refractivity contribution in [3.05, 3.63) is 18.2 Å². The van der Waals surface area contributed by atoms with Crippen molar-refractivity contribution in [3.8, 4) is 0 Å². The molecule has 3 N–H and O–H groups in total. The predicted octanol–water partition coefficient (Wildman–Crippen LogP) is 1.84. The van der Waals surface area contributed by atoms with Crippen LogP contribution in [-0.2, 0) is 4.79 Å². The van der Waals surface area contributed by atoms with Crippen LogP contribution in [0.25, 0.3) is 0 Å². The van der Waals surface area contributed by atoms with E-state index in [4.69, 9.17) is 0 Å². The Hall–Kier alpha value is -1.78. The van der Waals surface area contributed by atoms with Crippen molar-refractivity contribution in [1.29, 1.82) is 0 Å². The average molecular weight is 250 g/mol. The van der Waals surface area contributed by atoms with Gasteiger partial charge in [-0.15, -0.1) is 0 Å². The highest BCUT2D eigenvalue weighted by molar-refractivity contribution is 5.77. The number of hydrogen-bond donors (Lipinski definition) is 3. The number of pyridine rings is 1. The first kappa shape index (κ1) is 14.3. The lowest BCUT2D eigenvalue weighted by Crippen LogP contribution is -2.41. The molecule has 0 aromatic carbocycles. The molecule has 100 valence electrons. The molecule has 0 saturated heterocycles. The third-order valence-corrected chi connectivity index (χ3v) is 2.18. The van der Waals surface area contributed by atoms with E-state index in [1.54, 1.807) is 0 Å². The number of rotatable bonds is 5. The Morgan fingerprint density at radius 3 is 2.56 bits per heavy atom. The summed E-state index contributed by atoms with van der Waals surface area (Å²) in [6, 6.07) is 5.68. The number of aromatic nitrogens is 1.